The molecule has 0 radical (unpaired) electrons. The summed E-state index contributed by atoms with van der Waals surface area (Å²) in [5, 5.41) is 2.92. The third-order valence-corrected chi connectivity index (χ3v) is 4.70. The summed E-state index contributed by atoms with van der Waals surface area (Å²) in [4.78, 5) is 35.9. The van der Waals surface area contributed by atoms with E-state index >= 15 is 0 Å². The molecule has 1 aromatic heterocycles. The van der Waals surface area contributed by atoms with Crippen molar-refractivity contribution < 1.29 is 14.3 Å². The van der Waals surface area contributed by atoms with E-state index in [9.17, 15) is 9.59 Å². The molecule has 2 amide bonds. The van der Waals surface area contributed by atoms with Gasteiger partial charge in [-0.05, 0) is 31.0 Å². The van der Waals surface area contributed by atoms with Crippen molar-refractivity contribution >= 4 is 18.1 Å². The second kappa shape index (κ2) is 9.16. The van der Waals surface area contributed by atoms with E-state index in [1.807, 2.05) is 24.3 Å². The van der Waals surface area contributed by atoms with Gasteiger partial charge >= 0.3 is 0 Å². The van der Waals surface area contributed by atoms with Crippen LogP contribution in [0.1, 0.15) is 21.9 Å². The summed E-state index contributed by atoms with van der Waals surface area (Å²) in [5.41, 5.74) is 1.48. The Morgan fingerprint density at radius 2 is 1.89 bits per heavy atom. The van der Waals surface area contributed by atoms with Crippen molar-refractivity contribution in [1.82, 2.24) is 20.2 Å². The first-order valence-corrected chi connectivity index (χ1v) is 9.30. The number of amides is 2. The number of benzene rings is 1. The second-order valence-electron chi connectivity index (χ2n) is 6.64. The monoisotopic (exact) mass is 383 g/mol. The predicted molar refractivity (Wildman–Crippen MR) is 106 cm³/mol. The first kappa shape index (κ1) is 19.6. The molecule has 0 aliphatic carbocycles. The lowest BCUT2D eigenvalue weighted by Gasteiger charge is -2.33. The minimum atomic E-state index is -0.216. The lowest BCUT2D eigenvalue weighted by molar-refractivity contribution is -0.118. The summed E-state index contributed by atoms with van der Waals surface area (Å²) in [7, 11) is 1.63. The molecule has 3 rings (SSSR count). The average Bonchev–Trinajstić information content (AvgIpc) is 2.73. The van der Waals surface area contributed by atoms with Gasteiger partial charge in [0.15, 0.2) is 0 Å². The average molecular weight is 383 g/mol. The Balaban J connectivity index is 1.58. The van der Waals surface area contributed by atoms with E-state index in [1.165, 1.54) is 0 Å². The standard InChI is InChI=1S/C20H25N5O3/c1-15-22-18(13-19(23-15)25-11-9-24(14-26)10-12-25)20(27)21-8-7-16-3-5-17(28-2)6-4-16/h3-6,13-14H,7-12H2,1-2H3,(H,21,27). The van der Waals surface area contributed by atoms with Gasteiger partial charge in [0.05, 0.1) is 7.11 Å². The smallest absolute Gasteiger partial charge is 0.270 e. The molecule has 1 aliphatic heterocycles. The van der Waals surface area contributed by atoms with Gasteiger partial charge in [-0.1, -0.05) is 12.1 Å². The number of aromatic nitrogens is 2. The Hall–Kier alpha value is -3.16. The number of anilines is 1. The van der Waals surface area contributed by atoms with Gasteiger partial charge in [0, 0.05) is 38.8 Å². The summed E-state index contributed by atoms with van der Waals surface area (Å²) >= 11 is 0. The number of aryl methyl sites for hydroxylation is 1. The summed E-state index contributed by atoms with van der Waals surface area (Å²) in [5.74, 6) is 1.87. The zero-order valence-corrected chi connectivity index (χ0v) is 16.2. The van der Waals surface area contributed by atoms with Gasteiger partial charge in [0.2, 0.25) is 6.41 Å². The molecule has 1 aliphatic rings. The molecule has 1 saturated heterocycles. The molecule has 2 heterocycles. The molecule has 8 nitrogen and oxygen atoms in total. The van der Waals surface area contributed by atoms with Crippen LogP contribution in [0.3, 0.4) is 0 Å². The van der Waals surface area contributed by atoms with E-state index in [-0.39, 0.29) is 5.91 Å². The van der Waals surface area contributed by atoms with Gasteiger partial charge in [-0.3, -0.25) is 9.59 Å². The predicted octanol–water partition coefficient (Wildman–Crippen LogP) is 1.04. The number of hydrogen-bond acceptors (Lipinski definition) is 6. The lowest BCUT2D eigenvalue weighted by Crippen LogP contribution is -2.46. The van der Waals surface area contributed by atoms with Gasteiger partial charge in [-0.15, -0.1) is 0 Å². The number of nitrogens with zero attached hydrogens (tertiary/aromatic N) is 4. The normalized spacial score (nSPS) is 13.9. The molecular weight excluding hydrogens is 358 g/mol. The molecule has 8 heteroatoms. The van der Waals surface area contributed by atoms with E-state index in [1.54, 1.807) is 25.0 Å². The number of rotatable bonds is 7. The van der Waals surface area contributed by atoms with Crippen LogP contribution in [0, 0.1) is 6.92 Å². The van der Waals surface area contributed by atoms with Crippen LogP contribution < -0.4 is 15.0 Å². The fourth-order valence-corrected chi connectivity index (χ4v) is 3.09. The highest BCUT2D eigenvalue weighted by Crippen LogP contribution is 2.15. The van der Waals surface area contributed by atoms with Crippen molar-refractivity contribution in [2.45, 2.75) is 13.3 Å². The van der Waals surface area contributed by atoms with Crippen LogP contribution in [0.2, 0.25) is 0 Å². The minimum Gasteiger partial charge on any atom is -0.497 e. The Morgan fingerprint density at radius 1 is 1.18 bits per heavy atom. The van der Waals surface area contributed by atoms with E-state index in [4.69, 9.17) is 4.74 Å². The highest BCUT2D eigenvalue weighted by atomic mass is 16.5. The van der Waals surface area contributed by atoms with Crippen LogP contribution in [0.5, 0.6) is 5.75 Å². The van der Waals surface area contributed by atoms with Gasteiger partial charge < -0.3 is 19.9 Å². The summed E-state index contributed by atoms with van der Waals surface area (Å²) < 4.78 is 5.15. The molecule has 0 spiro atoms. The molecule has 0 atom stereocenters. The number of piperazine rings is 1. The molecular formula is C20H25N5O3. The fraction of sp³-hybridized carbons (Fsp3) is 0.400. The number of carbonyl (C=O) groups excluding carboxylic acids is 2. The van der Waals surface area contributed by atoms with E-state index in [0.29, 0.717) is 44.2 Å². The lowest BCUT2D eigenvalue weighted by atomic mass is 10.1. The molecule has 28 heavy (non-hydrogen) atoms. The third kappa shape index (κ3) is 4.97. The zero-order chi connectivity index (χ0) is 19.9. The van der Waals surface area contributed by atoms with Crippen LogP contribution in [0.25, 0.3) is 0 Å². The van der Waals surface area contributed by atoms with Crippen LogP contribution in [0.4, 0.5) is 5.82 Å². The summed E-state index contributed by atoms with van der Waals surface area (Å²) in [6.07, 6.45) is 1.59. The first-order valence-electron chi connectivity index (χ1n) is 9.30. The van der Waals surface area contributed by atoms with Crippen molar-refractivity contribution in [2.24, 2.45) is 0 Å². The van der Waals surface area contributed by atoms with E-state index in [2.05, 4.69) is 20.2 Å². The highest BCUT2D eigenvalue weighted by Gasteiger charge is 2.19. The van der Waals surface area contributed by atoms with Crippen molar-refractivity contribution in [2.75, 3.05) is 44.7 Å². The molecule has 1 fully saturated rings. The largest absolute Gasteiger partial charge is 0.497 e. The maximum Gasteiger partial charge on any atom is 0.270 e. The Bertz CT molecular complexity index is 817. The van der Waals surface area contributed by atoms with Gasteiger partial charge in [0.1, 0.15) is 23.1 Å². The van der Waals surface area contributed by atoms with Crippen molar-refractivity contribution in [3.63, 3.8) is 0 Å². The number of nitrogens with one attached hydrogen (secondary N) is 1. The molecule has 0 unspecified atom stereocenters. The second-order valence-corrected chi connectivity index (χ2v) is 6.64. The maximum atomic E-state index is 12.5. The molecule has 1 N–H and O–H groups in total. The van der Waals surface area contributed by atoms with Crippen LogP contribution >= 0.6 is 0 Å². The summed E-state index contributed by atoms with van der Waals surface area (Å²) in [6, 6.07) is 9.49. The Morgan fingerprint density at radius 3 is 2.54 bits per heavy atom. The SMILES string of the molecule is COc1ccc(CCNC(=O)c2cc(N3CCN(C=O)CC3)nc(C)n2)cc1. The number of ether oxygens (including phenoxy) is 1. The van der Waals surface area contributed by atoms with Crippen molar-refractivity contribution in [3.05, 3.63) is 47.4 Å². The zero-order valence-electron chi connectivity index (χ0n) is 16.2. The number of hydrogen-bond donors (Lipinski definition) is 1. The van der Waals surface area contributed by atoms with Crippen LogP contribution in [0.15, 0.2) is 30.3 Å². The van der Waals surface area contributed by atoms with Gasteiger partial charge in [0.25, 0.3) is 5.91 Å². The fourth-order valence-electron chi connectivity index (χ4n) is 3.09. The number of carbonyl (C=O) groups is 2. The minimum absolute atomic E-state index is 0.216. The molecule has 0 saturated carbocycles. The first-order chi connectivity index (χ1) is 13.6. The summed E-state index contributed by atoms with van der Waals surface area (Å²) in [6.45, 7) is 4.97. The van der Waals surface area contributed by atoms with Crippen LogP contribution in [-0.4, -0.2) is 67.0 Å². The van der Waals surface area contributed by atoms with Gasteiger partial charge in [-0.25, -0.2) is 9.97 Å². The molecule has 2 aromatic rings. The van der Waals surface area contributed by atoms with Crippen LogP contribution in [-0.2, 0) is 11.2 Å². The van der Waals surface area contributed by atoms with Gasteiger partial charge in [-0.2, -0.15) is 0 Å². The molecule has 0 bridgehead atoms. The quantitative estimate of drug-likeness (QED) is 0.719. The Labute approximate surface area is 164 Å². The number of methoxy groups -OCH3 is 1. The molecule has 1 aromatic carbocycles. The third-order valence-electron chi connectivity index (χ3n) is 4.70. The topological polar surface area (TPSA) is 87.7 Å². The maximum absolute atomic E-state index is 12.5. The van der Waals surface area contributed by atoms with E-state index in [0.717, 1.165) is 30.0 Å². The van der Waals surface area contributed by atoms with E-state index < -0.39 is 0 Å². The highest BCUT2D eigenvalue weighted by molar-refractivity contribution is 5.93. The molecule has 148 valence electrons. The van der Waals surface area contributed by atoms with Crippen molar-refractivity contribution in [3.8, 4) is 5.75 Å². The van der Waals surface area contributed by atoms with Crippen molar-refractivity contribution in [1.29, 1.82) is 0 Å². The Kier molecular flexibility index (Phi) is 6.41.